The molecule has 0 radical (unpaired) electrons. The van der Waals surface area contributed by atoms with Crippen LogP contribution in [0.15, 0.2) is 36.5 Å². The maximum absolute atomic E-state index is 11.9. The van der Waals surface area contributed by atoms with Gasteiger partial charge in [-0.05, 0) is 36.5 Å². The van der Waals surface area contributed by atoms with Crippen LogP contribution in [0.1, 0.15) is 29.9 Å². The van der Waals surface area contributed by atoms with Crippen LogP contribution in [0.5, 0.6) is 0 Å². The van der Waals surface area contributed by atoms with E-state index in [0.717, 1.165) is 19.3 Å². The molecule has 1 aliphatic carbocycles. The number of carbonyl (C=O) groups is 1. The fourth-order valence-electron chi connectivity index (χ4n) is 2.86. The molecule has 110 valence electrons. The highest BCUT2D eigenvalue weighted by atomic mass is 16.5. The lowest BCUT2D eigenvalue weighted by atomic mass is 9.83. The number of hydrogen-bond donors (Lipinski definition) is 1. The quantitative estimate of drug-likeness (QED) is 0.874. The number of nitrogens with two attached hydrogens (primary N) is 1. The summed E-state index contributed by atoms with van der Waals surface area (Å²) in [6.45, 7) is 0.540. The van der Waals surface area contributed by atoms with Gasteiger partial charge >= 0.3 is 5.97 Å². The van der Waals surface area contributed by atoms with Crippen molar-refractivity contribution in [2.45, 2.75) is 31.7 Å². The SMILES string of the molecule is Nc1ccn(CC(=O)OCC2CCCc3ccccc32)n1. The Kier molecular flexibility index (Phi) is 3.90. The average molecular weight is 285 g/mol. The second-order valence-corrected chi connectivity index (χ2v) is 5.41. The number of fused-ring (bicyclic) bond motifs is 1. The third-order valence-corrected chi connectivity index (χ3v) is 3.89. The normalized spacial score (nSPS) is 17.2. The number of ether oxygens (including phenoxy) is 1. The van der Waals surface area contributed by atoms with Crippen molar-refractivity contribution in [3.05, 3.63) is 47.7 Å². The fourth-order valence-corrected chi connectivity index (χ4v) is 2.86. The van der Waals surface area contributed by atoms with E-state index in [1.807, 2.05) is 6.07 Å². The summed E-state index contributed by atoms with van der Waals surface area (Å²) in [5.74, 6) is 0.437. The third kappa shape index (κ3) is 3.24. The lowest BCUT2D eigenvalue weighted by Gasteiger charge is -2.25. The Morgan fingerprint density at radius 2 is 2.24 bits per heavy atom. The summed E-state index contributed by atoms with van der Waals surface area (Å²) in [4.78, 5) is 11.9. The summed E-state index contributed by atoms with van der Waals surface area (Å²) < 4.78 is 6.90. The predicted octanol–water partition coefficient (Wildman–Crippen LogP) is 2.13. The zero-order chi connectivity index (χ0) is 14.7. The summed E-state index contributed by atoms with van der Waals surface area (Å²) in [5.41, 5.74) is 8.21. The Morgan fingerprint density at radius 1 is 1.38 bits per heavy atom. The fraction of sp³-hybridized carbons (Fsp3) is 0.375. The molecule has 0 saturated heterocycles. The molecule has 21 heavy (non-hydrogen) atoms. The molecule has 0 fully saturated rings. The van der Waals surface area contributed by atoms with Gasteiger partial charge in [-0.2, -0.15) is 5.10 Å². The van der Waals surface area contributed by atoms with Crippen molar-refractivity contribution < 1.29 is 9.53 Å². The number of benzene rings is 1. The number of hydrogen-bond acceptors (Lipinski definition) is 4. The number of anilines is 1. The molecule has 1 aromatic heterocycles. The summed E-state index contributed by atoms with van der Waals surface area (Å²) >= 11 is 0. The van der Waals surface area contributed by atoms with E-state index >= 15 is 0 Å². The zero-order valence-corrected chi connectivity index (χ0v) is 11.9. The molecule has 1 aromatic carbocycles. The Balaban J connectivity index is 1.57. The molecule has 0 saturated carbocycles. The number of carbonyl (C=O) groups excluding carboxylic acids is 1. The molecule has 0 spiro atoms. The molecular formula is C16H19N3O2. The van der Waals surface area contributed by atoms with Crippen molar-refractivity contribution in [1.29, 1.82) is 0 Å². The number of esters is 1. The van der Waals surface area contributed by atoms with Gasteiger partial charge in [0.05, 0.1) is 6.61 Å². The maximum atomic E-state index is 11.9. The van der Waals surface area contributed by atoms with Gasteiger partial charge < -0.3 is 10.5 Å². The van der Waals surface area contributed by atoms with Crippen LogP contribution >= 0.6 is 0 Å². The Hall–Kier alpha value is -2.30. The van der Waals surface area contributed by atoms with Gasteiger partial charge in [0.1, 0.15) is 12.4 Å². The van der Waals surface area contributed by atoms with Crippen LogP contribution in [0.4, 0.5) is 5.82 Å². The van der Waals surface area contributed by atoms with E-state index in [1.54, 1.807) is 12.3 Å². The molecule has 1 aliphatic rings. The largest absolute Gasteiger partial charge is 0.464 e. The third-order valence-electron chi connectivity index (χ3n) is 3.89. The summed E-state index contributed by atoms with van der Waals surface area (Å²) in [6.07, 6.45) is 5.01. The molecule has 5 nitrogen and oxygen atoms in total. The zero-order valence-electron chi connectivity index (χ0n) is 11.9. The van der Waals surface area contributed by atoms with E-state index in [1.165, 1.54) is 15.8 Å². The first kappa shape index (κ1) is 13.7. The van der Waals surface area contributed by atoms with Gasteiger partial charge in [0.25, 0.3) is 0 Å². The van der Waals surface area contributed by atoms with Crippen LogP contribution in [0.2, 0.25) is 0 Å². The minimum absolute atomic E-state index is 0.103. The Bertz CT molecular complexity index is 636. The smallest absolute Gasteiger partial charge is 0.327 e. The maximum Gasteiger partial charge on any atom is 0.327 e. The van der Waals surface area contributed by atoms with Crippen LogP contribution in [0.3, 0.4) is 0 Å². The first-order valence-corrected chi connectivity index (χ1v) is 7.25. The first-order chi connectivity index (χ1) is 10.2. The molecular weight excluding hydrogens is 266 g/mol. The van der Waals surface area contributed by atoms with Gasteiger partial charge in [-0.15, -0.1) is 0 Å². The monoisotopic (exact) mass is 285 g/mol. The van der Waals surface area contributed by atoms with Gasteiger partial charge in [-0.1, -0.05) is 24.3 Å². The molecule has 1 heterocycles. The van der Waals surface area contributed by atoms with Gasteiger partial charge in [-0.25, -0.2) is 0 Å². The van der Waals surface area contributed by atoms with E-state index in [9.17, 15) is 4.79 Å². The van der Waals surface area contributed by atoms with E-state index < -0.39 is 0 Å². The lowest BCUT2D eigenvalue weighted by Crippen LogP contribution is -2.20. The van der Waals surface area contributed by atoms with E-state index in [-0.39, 0.29) is 12.5 Å². The average Bonchev–Trinajstić information content (AvgIpc) is 2.90. The minimum atomic E-state index is -0.277. The second-order valence-electron chi connectivity index (χ2n) is 5.41. The van der Waals surface area contributed by atoms with Crippen LogP contribution in [-0.2, 0) is 22.5 Å². The highest BCUT2D eigenvalue weighted by molar-refractivity contribution is 5.69. The Morgan fingerprint density at radius 3 is 3.05 bits per heavy atom. The van der Waals surface area contributed by atoms with Gasteiger partial charge in [0.15, 0.2) is 0 Å². The second kappa shape index (κ2) is 5.99. The Labute approximate surface area is 123 Å². The summed E-state index contributed by atoms with van der Waals surface area (Å²) in [5, 5.41) is 3.97. The molecule has 5 heteroatoms. The van der Waals surface area contributed by atoms with Gasteiger partial charge in [0.2, 0.25) is 0 Å². The van der Waals surface area contributed by atoms with Crippen LogP contribution in [-0.4, -0.2) is 22.4 Å². The van der Waals surface area contributed by atoms with Crippen molar-refractivity contribution in [3.8, 4) is 0 Å². The number of aromatic nitrogens is 2. The van der Waals surface area contributed by atoms with Gasteiger partial charge in [-0.3, -0.25) is 9.48 Å². The standard InChI is InChI=1S/C16H19N3O2/c17-15-8-9-19(18-15)10-16(20)21-11-13-6-3-5-12-4-1-2-7-14(12)13/h1-2,4,7-9,13H,3,5-6,10-11H2,(H2,17,18). The highest BCUT2D eigenvalue weighted by Crippen LogP contribution is 2.31. The predicted molar refractivity (Wildman–Crippen MR) is 79.7 cm³/mol. The van der Waals surface area contributed by atoms with E-state index in [0.29, 0.717) is 18.3 Å². The van der Waals surface area contributed by atoms with E-state index in [4.69, 9.17) is 10.5 Å². The van der Waals surface area contributed by atoms with Crippen molar-refractivity contribution in [1.82, 2.24) is 9.78 Å². The summed E-state index contributed by atoms with van der Waals surface area (Å²) in [7, 11) is 0. The highest BCUT2D eigenvalue weighted by Gasteiger charge is 2.21. The minimum Gasteiger partial charge on any atom is -0.464 e. The number of rotatable bonds is 4. The van der Waals surface area contributed by atoms with Crippen molar-refractivity contribution in [3.63, 3.8) is 0 Å². The van der Waals surface area contributed by atoms with Crippen LogP contribution in [0, 0.1) is 0 Å². The lowest BCUT2D eigenvalue weighted by molar-refractivity contribution is -0.145. The van der Waals surface area contributed by atoms with Crippen molar-refractivity contribution in [2.24, 2.45) is 0 Å². The molecule has 3 rings (SSSR count). The number of aryl methyl sites for hydroxylation is 1. The molecule has 0 aliphatic heterocycles. The topological polar surface area (TPSA) is 70.1 Å². The number of nitrogens with zero attached hydrogens (tertiary/aromatic N) is 2. The summed E-state index contributed by atoms with van der Waals surface area (Å²) in [6, 6.07) is 10.1. The van der Waals surface area contributed by atoms with Crippen LogP contribution in [0.25, 0.3) is 0 Å². The molecule has 1 unspecified atom stereocenters. The molecule has 0 bridgehead atoms. The van der Waals surface area contributed by atoms with Crippen molar-refractivity contribution in [2.75, 3.05) is 12.3 Å². The molecule has 2 aromatic rings. The molecule has 2 N–H and O–H groups in total. The number of nitrogen functional groups attached to an aromatic ring is 1. The van der Waals surface area contributed by atoms with Crippen molar-refractivity contribution >= 4 is 11.8 Å². The van der Waals surface area contributed by atoms with Crippen LogP contribution < -0.4 is 5.73 Å². The molecule has 0 amide bonds. The first-order valence-electron chi connectivity index (χ1n) is 7.25. The van der Waals surface area contributed by atoms with E-state index in [2.05, 4.69) is 23.3 Å². The van der Waals surface area contributed by atoms with Gasteiger partial charge in [0, 0.05) is 12.1 Å². The molecule has 1 atom stereocenters.